The molecule has 0 radical (unpaired) electrons. The summed E-state index contributed by atoms with van der Waals surface area (Å²) in [7, 11) is 1.92. The summed E-state index contributed by atoms with van der Waals surface area (Å²) in [6.45, 7) is 7.80. The Labute approximate surface area is 138 Å². The van der Waals surface area contributed by atoms with E-state index in [0.29, 0.717) is 6.54 Å². The van der Waals surface area contributed by atoms with Gasteiger partial charge in [-0.25, -0.2) is 0 Å². The minimum atomic E-state index is -0.261. The third-order valence-corrected chi connectivity index (χ3v) is 4.98. The molecule has 2 saturated heterocycles. The second kappa shape index (κ2) is 6.89. The van der Waals surface area contributed by atoms with E-state index >= 15 is 0 Å². The fraction of sp³-hybridized carbons (Fsp3) is 0.611. The van der Waals surface area contributed by atoms with E-state index in [1.54, 1.807) is 0 Å². The number of nitrogens with zero attached hydrogens (tertiary/aromatic N) is 2. The van der Waals surface area contributed by atoms with Crippen LogP contribution in [-0.4, -0.2) is 57.2 Å². The van der Waals surface area contributed by atoms with E-state index in [2.05, 4.69) is 41.4 Å². The van der Waals surface area contributed by atoms with Crippen LogP contribution in [0.1, 0.15) is 18.9 Å². The number of amides is 1. The number of rotatable bonds is 4. The molecule has 2 aliphatic heterocycles. The van der Waals surface area contributed by atoms with Gasteiger partial charge in [-0.1, -0.05) is 18.2 Å². The second-order valence-corrected chi connectivity index (χ2v) is 6.88. The number of carbonyl (C=O) groups is 1. The van der Waals surface area contributed by atoms with Gasteiger partial charge in [0.15, 0.2) is 0 Å². The number of ether oxygens (including phenoxy) is 1. The lowest BCUT2D eigenvalue weighted by Crippen LogP contribution is -2.42. The van der Waals surface area contributed by atoms with E-state index in [0.717, 1.165) is 45.8 Å². The minimum absolute atomic E-state index is 0.235. The summed E-state index contributed by atoms with van der Waals surface area (Å²) in [6, 6.07) is 8.40. The molecule has 126 valence electrons. The molecule has 0 aromatic heterocycles. The Morgan fingerprint density at radius 2 is 2.09 bits per heavy atom. The van der Waals surface area contributed by atoms with Crippen molar-refractivity contribution >= 4 is 11.6 Å². The van der Waals surface area contributed by atoms with Gasteiger partial charge in [-0.3, -0.25) is 4.79 Å². The molecule has 1 aromatic rings. The summed E-state index contributed by atoms with van der Waals surface area (Å²) in [5.41, 5.74) is 2.17. The number of morpholine rings is 1. The molecule has 2 fully saturated rings. The van der Waals surface area contributed by atoms with Gasteiger partial charge in [0.05, 0.1) is 18.6 Å². The Morgan fingerprint density at radius 1 is 1.35 bits per heavy atom. The molecule has 1 aromatic carbocycles. The van der Waals surface area contributed by atoms with Crippen molar-refractivity contribution in [2.45, 2.75) is 19.9 Å². The van der Waals surface area contributed by atoms with Crippen LogP contribution in [0.4, 0.5) is 5.69 Å². The predicted octanol–water partition coefficient (Wildman–Crippen LogP) is 1.48. The van der Waals surface area contributed by atoms with Crippen LogP contribution in [0.25, 0.3) is 0 Å². The van der Waals surface area contributed by atoms with E-state index in [9.17, 15) is 4.79 Å². The van der Waals surface area contributed by atoms with Gasteiger partial charge in [0.25, 0.3) is 0 Å². The molecule has 0 bridgehead atoms. The van der Waals surface area contributed by atoms with Crippen molar-refractivity contribution in [3.05, 3.63) is 29.8 Å². The van der Waals surface area contributed by atoms with E-state index < -0.39 is 0 Å². The van der Waals surface area contributed by atoms with Gasteiger partial charge in [-0.05, 0) is 31.5 Å². The molecule has 0 aliphatic carbocycles. The maximum absolute atomic E-state index is 12.8. The Morgan fingerprint density at radius 3 is 2.78 bits per heavy atom. The molecule has 5 nitrogen and oxygen atoms in total. The molecule has 2 heterocycles. The summed E-state index contributed by atoms with van der Waals surface area (Å²) in [5.74, 6) is 0.235. The first-order chi connectivity index (χ1) is 11.1. The zero-order chi connectivity index (χ0) is 16.3. The Bertz CT molecular complexity index is 549. The van der Waals surface area contributed by atoms with Crippen LogP contribution in [0.15, 0.2) is 24.3 Å². The largest absolute Gasteiger partial charge is 0.378 e. The van der Waals surface area contributed by atoms with Gasteiger partial charge >= 0.3 is 0 Å². The van der Waals surface area contributed by atoms with Crippen LogP contribution < -0.4 is 10.2 Å². The molecule has 1 amide bonds. The minimum Gasteiger partial charge on any atom is -0.378 e. The van der Waals surface area contributed by atoms with Crippen molar-refractivity contribution in [1.29, 1.82) is 0 Å². The van der Waals surface area contributed by atoms with Gasteiger partial charge in [-0.2, -0.15) is 0 Å². The van der Waals surface area contributed by atoms with Crippen molar-refractivity contribution in [3.63, 3.8) is 0 Å². The monoisotopic (exact) mass is 317 g/mol. The highest BCUT2D eigenvalue weighted by Gasteiger charge is 2.38. The van der Waals surface area contributed by atoms with Gasteiger partial charge in [0.2, 0.25) is 5.91 Å². The number of carbonyl (C=O) groups excluding carboxylic acids is 1. The number of benzene rings is 1. The van der Waals surface area contributed by atoms with E-state index in [-0.39, 0.29) is 11.3 Å². The first kappa shape index (κ1) is 16.3. The number of para-hydroxylation sites is 1. The molecule has 1 N–H and O–H groups in total. The van der Waals surface area contributed by atoms with Gasteiger partial charge in [0.1, 0.15) is 0 Å². The fourth-order valence-electron chi connectivity index (χ4n) is 3.54. The molecular formula is C18H27N3O2. The van der Waals surface area contributed by atoms with Gasteiger partial charge < -0.3 is 19.9 Å². The molecule has 23 heavy (non-hydrogen) atoms. The second-order valence-electron chi connectivity index (χ2n) is 6.88. The van der Waals surface area contributed by atoms with Crippen LogP contribution in [0, 0.1) is 5.41 Å². The molecule has 2 aliphatic rings. The number of hydrogen-bond acceptors (Lipinski definition) is 4. The van der Waals surface area contributed by atoms with Crippen molar-refractivity contribution in [2.24, 2.45) is 5.41 Å². The molecule has 0 spiro atoms. The third-order valence-electron chi connectivity index (χ3n) is 4.98. The highest BCUT2D eigenvalue weighted by molar-refractivity contribution is 5.83. The first-order valence-corrected chi connectivity index (χ1v) is 8.47. The Balaban J connectivity index is 1.73. The topological polar surface area (TPSA) is 44.8 Å². The molecule has 3 rings (SSSR count). The highest BCUT2D eigenvalue weighted by Crippen LogP contribution is 2.29. The Kier molecular flexibility index (Phi) is 4.87. The number of anilines is 1. The molecular weight excluding hydrogens is 290 g/mol. The molecule has 0 unspecified atom stereocenters. The lowest BCUT2D eigenvalue weighted by atomic mass is 9.88. The zero-order valence-electron chi connectivity index (χ0n) is 14.2. The van der Waals surface area contributed by atoms with E-state index in [4.69, 9.17) is 4.74 Å². The highest BCUT2D eigenvalue weighted by atomic mass is 16.5. The van der Waals surface area contributed by atoms with E-state index in [1.807, 2.05) is 11.9 Å². The lowest BCUT2D eigenvalue weighted by Gasteiger charge is -2.33. The smallest absolute Gasteiger partial charge is 0.229 e. The zero-order valence-corrected chi connectivity index (χ0v) is 14.2. The predicted molar refractivity (Wildman–Crippen MR) is 91.5 cm³/mol. The summed E-state index contributed by atoms with van der Waals surface area (Å²) >= 11 is 0. The van der Waals surface area contributed by atoms with Crippen LogP contribution in [0.2, 0.25) is 0 Å². The van der Waals surface area contributed by atoms with E-state index in [1.165, 1.54) is 11.3 Å². The van der Waals surface area contributed by atoms with Gasteiger partial charge in [-0.15, -0.1) is 0 Å². The van der Waals surface area contributed by atoms with Crippen LogP contribution in [0.3, 0.4) is 0 Å². The van der Waals surface area contributed by atoms with Crippen molar-refractivity contribution in [2.75, 3.05) is 51.3 Å². The summed E-state index contributed by atoms with van der Waals surface area (Å²) in [5, 5.41) is 3.31. The lowest BCUT2D eigenvalue weighted by molar-refractivity contribution is -0.139. The van der Waals surface area contributed by atoms with Gasteiger partial charge in [0, 0.05) is 38.9 Å². The standard InChI is InChI=1S/C18H27N3O2/c1-18(7-8-19-14-18)17(22)20(2)13-15-5-3-4-6-16(15)21-9-11-23-12-10-21/h3-6,19H,7-14H2,1-2H3/t18-/m0/s1. The summed E-state index contributed by atoms with van der Waals surface area (Å²) < 4.78 is 5.45. The number of hydrogen-bond donors (Lipinski definition) is 1. The maximum atomic E-state index is 12.8. The van der Waals surface area contributed by atoms with Crippen molar-refractivity contribution in [3.8, 4) is 0 Å². The van der Waals surface area contributed by atoms with Crippen LogP contribution in [0.5, 0.6) is 0 Å². The molecule has 0 saturated carbocycles. The quantitative estimate of drug-likeness (QED) is 0.914. The third kappa shape index (κ3) is 3.51. The molecule has 1 atom stereocenters. The average molecular weight is 317 g/mol. The SMILES string of the molecule is CN(Cc1ccccc1N1CCOCC1)C(=O)[C@@]1(C)CCNC1. The summed E-state index contributed by atoms with van der Waals surface area (Å²) in [6.07, 6.45) is 0.918. The maximum Gasteiger partial charge on any atom is 0.229 e. The average Bonchev–Trinajstić information content (AvgIpc) is 3.03. The van der Waals surface area contributed by atoms with Crippen LogP contribution >= 0.6 is 0 Å². The van der Waals surface area contributed by atoms with Crippen molar-refractivity contribution < 1.29 is 9.53 Å². The summed E-state index contributed by atoms with van der Waals surface area (Å²) in [4.78, 5) is 17.0. The van der Waals surface area contributed by atoms with Crippen LogP contribution in [-0.2, 0) is 16.1 Å². The van der Waals surface area contributed by atoms with Crippen molar-refractivity contribution in [1.82, 2.24) is 10.2 Å². The first-order valence-electron chi connectivity index (χ1n) is 8.47. The normalized spacial score (nSPS) is 24.7. The number of nitrogens with one attached hydrogen (secondary N) is 1. The fourth-order valence-corrected chi connectivity index (χ4v) is 3.54. The Hall–Kier alpha value is -1.59. The molecule has 5 heteroatoms.